The molecule has 4 atom stereocenters. The summed E-state index contributed by atoms with van der Waals surface area (Å²) >= 11 is 0. The molecule has 1 aliphatic heterocycles. The minimum absolute atomic E-state index is 0.0996. The number of hydrogen-bond donors (Lipinski definition) is 0. The third-order valence-corrected chi connectivity index (χ3v) is 8.88. The van der Waals surface area contributed by atoms with E-state index in [1.165, 1.54) is 22.3 Å². The Kier molecular flexibility index (Phi) is 8.19. The summed E-state index contributed by atoms with van der Waals surface area (Å²) in [6.07, 6.45) is 18.4. The van der Waals surface area contributed by atoms with Gasteiger partial charge in [0, 0.05) is 32.3 Å². The molecule has 7 rings (SSSR count). The van der Waals surface area contributed by atoms with Crippen LogP contribution < -0.4 is 9.47 Å². The van der Waals surface area contributed by atoms with E-state index in [1.807, 2.05) is 13.0 Å². The third kappa shape index (κ3) is 6.67. The third-order valence-electron chi connectivity index (χ3n) is 8.88. The fraction of sp³-hybridized carbons (Fsp3) is 0.444. The Morgan fingerprint density at radius 2 is 1.81 bits per heavy atom. The fourth-order valence-corrected chi connectivity index (χ4v) is 6.40. The highest BCUT2D eigenvalue weighted by atomic mass is 16.7. The van der Waals surface area contributed by atoms with Gasteiger partial charge in [-0.1, -0.05) is 24.3 Å². The standard InChI is InChI=1S/C36H40O6/c1-2-37-23-40-31-10-4-25-6-12-33(18-28(25)16-31)42-35-14-8-26-7-13-34(19-29(26)20-35)41-32-11-5-24-3-9-30(15-27(24)17-32)38-21-36-22-39-36/h3-5,9-11,14,16-19,26,29-30,36H,2,6-8,12-13,15,20-23H2,1H3. The van der Waals surface area contributed by atoms with E-state index in [2.05, 4.69) is 60.7 Å². The van der Waals surface area contributed by atoms with Crippen LogP contribution in [0.3, 0.4) is 0 Å². The van der Waals surface area contributed by atoms with Crippen molar-refractivity contribution in [1.82, 2.24) is 0 Å². The van der Waals surface area contributed by atoms with Gasteiger partial charge >= 0.3 is 0 Å². The molecule has 5 aliphatic rings. The van der Waals surface area contributed by atoms with E-state index in [1.54, 1.807) is 0 Å². The predicted octanol–water partition coefficient (Wildman–Crippen LogP) is 7.38. The Labute approximate surface area is 248 Å². The highest BCUT2D eigenvalue weighted by Gasteiger charge is 2.30. The Hall–Kier alpha value is -3.32. The summed E-state index contributed by atoms with van der Waals surface area (Å²) in [5.74, 6) is 6.01. The number of ether oxygens (including phenoxy) is 6. The van der Waals surface area contributed by atoms with E-state index in [9.17, 15) is 0 Å². The van der Waals surface area contributed by atoms with E-state index in [0.29, 0.717) is 25.0 Å². The molecule has 6 nitrogen and oxygen atoms in total. The Morgan fingerprint density at radius 1 is 0.881 bits per heavy atom. The molecule has 220 valence electrons. The second-order valence-electron chi connectivity index (χ2n) is 11.9. The smallest absolute Gasteiger partial charge is 0.189 e. The summed E-state index contributed by atoms with van der Waals surface area (Å²) in [7, 11) is 0. The molecule has 4 unspecified atom stereocenters. The summed E-state index contributed by atoms with van der Waals surface area (Å²) in [6.45, 7) is 4.37. The van der Waals surface area contributed by atoms with Crippen LogP contribution in [0.4, 0.5) is 0 Å². The Balaban J connectivity index is 0.971. The summed E-state index contributed by atoms with van der Waals surface area (Å²) in [5, 5.41) is 0. The highest BCUT2D eigenvalue weighted by molar-refractivity contribution is 5.61. The van der Waals surface area contributed by atoms with Crippen LogP contribution in [0.5, 0.6) is 11.5 Å². The largest absolute Gasteiger partial charge is 0.468 e. The van der Waals surface area contributed by atoms with Crippen LogP contribution in [0.1, 0.15) is 61.3 Å². The zero-order valence-corrected chi connectivity index (χ0v) is 24.4. The van der Waals surface area contributed by atoms with E-state index >= 15 is 0 Å². The molecule has 2 aromatic carbocycles. The Morgan fingerprint density at radius 3 is 2.71 bits per heavy atom. The van der Waals surface area contributed by atoms with Gasteiger partial charge in [0.05, 0.1) is 19.3 Å². The molecule has 0 N–H and O–H groups in total. The molecule has 2 aromatic rings. The zero-order valence-electron chi connectivity index (χ0n) is 24.4. The predicted molar refractivity (Wildman–Crippen MR) is 162 cm³/mol. The average molecular weight is 569 g/mol. The maximum absolute atomic E-state index is 6.50. The number of hydrogen-bond acceptors (Lipinski definition) is 6. The number of fused-ring (bicyclic) bond motifs is 3. The quantitative estimate of drug-likeness (QED) is 0.160. The van der Waals surface area contributed by atoms with Crippen LogP contribution in [0.2, 0.25) is 0 Å². The van der Waals surface area contributed by atoms with Gasteiger partial charge in [0.1, 0.15) is 34.9 Å². The molecule has 1 heterocycles. The number of allylic oxidation sites excluding steroid dienone is 5. The normalized spacial score (nSPS) is 25.7. The average Bonchev–Trinajstić information content (AvgIpc) is 3.84. The van der Waals surface area contributed by atoms with Crippen molar-refractivity contribution >= 4 is 12.2 Å². The monoisotopic (exact) mass is 568 g/mol. The number of benzene rings is 2. The molecule has 6 heteroatoms. The zero-order chi connectivity index (χ0) is 28.3. The highest BCUT2D eigenvalue weighted by Crippen LogP contribution is 2.41. The van der Waals surface area contributed by atoms with Gasteiger partial charge in [-0.05, 0) is 103 Å². The van der Waals surface area contributed by atoms with Gasteiger partial charge in [0.2, 0.25) is 0 Å². The van der Waals surface area contributed by atoms with E-state index in [-0.39, 0.29) is 19.0 Å². The Bertz CT molecular complexity index is 1410. The summed E-state index contributed by atoms with van der Waals surface area (Å²) in [6, 6.07) is 12.7. The fourth-order valence-electron chi connectivity index (χ4n) is 6.40. The molecule has 0 bridgehead atoms. The molecular weight excluding hydrogens is 528 g/mol. The number of aryl methyl sites for hydroxylation is 1. The molecule has 0 amide bonds. The lowest BCUT2D eigenvalue weighted by molar-refractivity contribution is 0.0224. The first-order valence-corrected chi connectivity index (χ1v) is 15.5. The maximum Gasteiger partial charge on any atom is 0.189 e. The summed E-state index contributed by atoms with van der Waals surface area (Å²) in [5.41, 5.74) is 5.02. The first kappa shape index (κ1) is 27.5. The van der Waals surface area contributed by atoms with Gasteiger partial charge in [0.15, 0.2) is 6.79 Å². The lowest BCUT2D eigenvalue weighted by Gasteiger charge is -2.34. The number of rotatable bonds is 11. The van der Waals surface area contributed by atoms with Gasteiger partial charge in [-0.25, -0.2) is 0 Å². The van der Waals surface area contributed by atoms with Crippen LogP contribution in [0.15, 0.2) is 71.9 Å². The van der Waals surface area contributed by atoms with Crippen LogP contribution in [0, 0.1) is 11.8 Å². The van der Waals surface area contributed by atoms with Gasteiger partial charge in [-0.15, -0.1) is 0 Å². The topological polar surface area (TPSA) is 58.7 Å². The minimum atomic E-state index is 0.0996. The first-order chi connectivity index (χ1) is 20.7. The van der Waals surface area contributed by atoms with Crippen molar-refractivity contribution < 1.29 is 28.4 Å². The van der Waals surface area contributed by atoms with Crippen molar-refractivity contribution in [3.05, 3.63) is 94.2 Å². The van der Waals surface area contributed by atoms with Crippen LogP contribution in [0.25, 0.3) is 12.2 Å². The first-order valence-electron chi connectivity index (χ1n) is 15.5. The lowest BCUT2D eigenvalue weighted by atomic mass is 9.76. The lowest BCUT2D eigenvalue weighted by Crippen LogP contribution is -2.23. The number of epoxide rings is 1. The molecule has 1 fully saturated rings. The van der Waals surface area contributed by atoms with E-state index in [0.717, 1.165) is 80.3 Å². The second-order valence-corrected chi connectivity index (χ2v) is 11.9. The van der Waals surface area contributed by atoms with Crippen molar-refractivity contribution in [2.75, 3.05) is 26.6 Å². The molecule has 0 spiro atoms. The molecule has 0 radical (unpaired) electrons. The van der Waals surface area contributed by atoms with Crippen LogP contribution in [-0.4, -0.2) is 38.8 Å². The minimum Gasteiger partial charge on any atom is -0.468 e. The summed E-state index contributed by atoms with van der Waals surface area (Å²) < 4.78 is 35.3. The van der Waals surface area contributed by atoms with Crippen molar-refractivity contribution in [3.8, 4) is 11.5 Å². The molecule has 42 heavy (non-hydrogen) atoms. The molecule has 0 aromatic heterocycles. The van der Waals surface area contributed by atoms with Gasteiger partial charge in [-0.3, -0.25) is 0 Å². The summed E-state index contributed by atoms with van der Waals surface area (Å²) in [4.78, 5) is 0. The van der Waals surface area contributed by atoms with Crippen molar-refractivity contribution in [1.29, 1.82) is 0 Å². The molecule has 0 saturated carbocycles. The molecule has 4 aliphatic carbocycles. The van der Waals surface area contributed by atoms with Crippen LogP contribution in [-0.2, 0) is 31.8 Å². The second kappa shape index (κ2) is 12.5. The molecule has 1 saturated heterocycles. The van der Waals surface area contributed by atoms with Crippen LogP contribution >= 0.6 is 0 Å². The van der Waals surface area contributed by atoms with Gasteiger partial charge in [0.25, 0.3) is 0 Å². The van der Waals surface area contributed by atoms with Gasteiger partial charge < -0.3 is 28.4 Å². The maximum atomic E-state index is 6.50. The van der Waals surface area contributed by atoms with E-state index < -0.39 is 0 Å². The SMILES string of the molecule is CCOCOc1ccc2c(c1)C=C(OC1=CCC3CCC(Oc4ccc5c(c4)CC(OCC4CO4)C=C5)=CC3C1)CC2. The van der Waals surface area contributed by atoms with Crippen molar-refractivity contribution in [2.45, 2.75) is 64.1 Å². The van der Waals surface area contributed by atoms with Crippen molar-refractivity contribution in [2.24, 2.45) is 11.8 Å². The van der Waals surface area contributed by atoms with E-state index in [4.69, 9.17) is 28.4 Å². The van der Waals surface area contributed by atoms with Crippen molar-refractivity contribution in [3.63, 3.8) is 0 Å². The van der Waals surface area contributed by atoms with Gasteiger partial charge in [-0.2, -0.15) is 0 Å². The molecular formula is C36H40O6.